The van der Waals surface area contributed by atoms with Crippen molar-refractivity contribution in [2.45, 2.75) is 20.3 Å². The summed E-state index contributed by atoms with van der Waals surface area (Å²) < 4.78 is 0. The summed E-state index contributed by atoms with van der Waals surface area (Å²) in [6, 6.07) is 0. The highest BCUT2D eigenvalue weighted by atomic mass is 16.1. The van der Waals surface area contributed by atoms with Gasteiger partial charge >= 0.3 is 0 Å². The van der Waals surface area contributed by atoms with Gasteiger partial charge in [-0.15, -0.1) is 0 Å². The maximum absolute atomic E-state index is 10.3. The van der Waals surface area contributed by atoms with Gasteiger partial charge < -0.3 is 0 Å². The molecule has 0 fully saturated rings. The summed E-state index contributed by atoms with van der Waals surface area (Å²) >= 11 is 0. The van der Waals surface area contributed by atoms with E-state index in [0.29, 0.717) is 23.7 Å². The smallest absolute Gasteiger partial charge is 0.150 e. The minimum absolute atomic E-state index is 0.460. The molecule has 60 valence electrons. The molecule has 0 N–H and O–H groups in total. The normalized spacial score (nSPS) is 12.9. The van der Waals surface area contributed by atoms with Crippen molar-refractivity contribution in [3.63, 3.8) is 0 Å². The molecule has 0 aromatic carbocycles. The van der Waals surface area contributed by atoms with E-state index in [-0.39, 0.29) is 0 Å². The van der Waals surface area contributed by atoms with Gasteiger partial charge in [-0.05, 0) is 18.9 Å². The van der Waals surface area contributed by atoms with E-state index in [9.17, 15) is 9.59 Å². The number of carbonyl (C=O) groups is 2. The zero-order valence-corrected chi connectivity index (χ0v) is 6.83. The van der Waals surface area contributed by atoms with E-state index in [2.05, 4.69) is 0 Å². The van der Waals surface area contributed by atoms with Crippen LogP contribution in [0, 0.1) is 0 Å². The summed E-state index contributed by atoms with van der Waals surface area (Å²) in [6.07, 6.45) is 5.75. The summed E-state index contributed by atoms with van der Waals surface area (Å²) in [7, 11) is 0. The van der Waals surface area contributed by atoms with Gasteiger partial charge in [0, 0.05) is 5.57 Å². The first-order valence-electron chi connectivity index (χ1n) is 3.54. The largest absolute Gasteiger partial charge is 0.298 e. The Morgan fingerprint density at radius 1 is 1.27 bits per heavy atom. The van der Waals surface area contributed by atoms with Crippen molar-refractivity contribution in [3.8, 4) is 0 Å². The Morgan fingerprint density at radius 2 is 1.91 bits per heavy atom. The van der Waals surface area contributed by atoms with Gasteiger partial charge in [-0.1, -0.05) is 19.1 Å². The third-order valence-electron chi connectivity index (χ3n) is 1.29. The molecule has 0 saturated carbocycles. The Balaban J connectivity index is 4.51. The van der Waals surface area contributed by atoms with Crippen LogP contribution in [0.25, 0.3) is 0 Å². The molecule has 0 saturated heterocycles. The average Bonchev–Trinajstić information content (AvgIpc) is 2.05. The van der Waals surface area contributed by atoms with Crippen LogP contribution in [0.3, 0.4) is 0 Å². The lowest BCUT2D eigenvalue weighted by Gasteiger charge is -1.90. The first-order valence-corrected chi connectivity index (χ1v) is 3.54. The topological polar surface area (TPSA) is 34.1 Å². The first kappa shape index (κ1) is 9.82. The molecule has 2 nitrogen and oxygen atoms in total. The number of hydrogen-bond donors (Lipinski definition) is 0. The van der Waals surface area contributed by atoms with E-state index < -0.39 is 0 Å². The van der Waals surface area contributed by atoms with Crippen LogP contribution < -0.4 is 0 Å². The van der Waals surface area contributed by atoms with Crippen LogP contribution in [0.2, 0.25) is 0 Å². The van der Waals surface area contributed by atoms with Crippen LogP contribution in [0.4, 0.5) is 0 Å². The van der Waals surface area contributed by atoms with E-state index in [1.165, 1.54) is 0 Å². The number of carbonyl (C=O) groups excluding carboxylic acids is 2. The molecule has 0 aliphatic rings. The lowest BCUT2D eigenvalue weighted by atomic mass is 10.1. The van der Waals surface area contributed by atoms with Crippen molar-refractivity contribution in [1.82, 2.24) is 0 Å². The standard InChI is InChI=1S/C9H12O2/c1-3-4-5-9(7-11)8(2)6-10/h4-7H,3H2,1-2H3/b5-4-,9-8-. The molecule has 0 atom stereocenters. The van der Waals surface area contributed by atoms with Gasteiger partial charge in [0.2, 0.25) is 0 Å². The van der Waals surface area contributed by atoms with Crippen LogP contribution in [0.5, 0.6) is 0 Å². The Hall–Kier alpha value is -1.18. The van der Waals surface area contributed by atoms with E-state index in [4.69, 9.17) is 0 Å². The van der Waals surface area contributed by atoms with Crippen molar-refractivity contribution < 1.29 is 9.59 Å². The summed E-state index contributed by atoms with van der Waals surface area (Å²) in [4.78, 5) is 20.6. The quantitative estimate of drug-likeness (QED) is 0.349. The lowest BCUT2D eigenvalue weighted by Crippen LogP contribution is -1.87. The zero-order chi connectivity index (χ0) is 8.69. The zero-order valence-electron chi connectivity index (χ0n) is 6.83. The number of allylic oxidation sites excluding steroid dienone is 4. The molecule has 2 heteroatoms. The van der Waals surface area contributed by atoms with Crippen LogP contribution in [0.15, 0.2) is 23.3 Å². The average molecular weight is 152 g/mol. The lowest BCUT2D eigenvalue weighted by molar-refractivity contribution is -0.107. The maximum atomic E-state index is 10.3. The van der Waals surface area contributed by atoms with Crippen LogP contribution >= 0.6 is 0 Å². The molecule has 0 heterocycles. The fourth-order valence-corrected chi connectivity index (χ4v) is 0.577. The predicted molar refractivity (Wildman–Crippen MR) is 44.3 cm³/mol. The van der Waals surface area contributed by atoms with Gasteiger partial charge in [0.25, 0.3) is 0 Å². The highest BCUT2D eigenvalue weighted by Crippen LogP contribution is 2.00. The molecule has 0 radical (unpaired) electrons. The summed E-state index contributed by atoms with van der Waals surface area (Å²) in [5.41, 5.74) is 0.937. The molecule has 0 aromatic heterocycles. The molecular formula is C9H12O2. The number of rotatable bonds is 4. The second kappa shape index (κ2) is 5.59. The van der Waals surface area contributed by atoms with Gasteiger partial charge in [0.05, 0.1) is 0 Å². The van der Waals surface area contributed by atoms with Gasteiger partial charge in [0.15, 0.2) is 0 Å². The highest BCUT2D eigenvalue weighted by Gasteiger charge is 1.93. The van der Waals surface area contributed by atoms with E-state index >= 15 is 0 Å². The molecule has 0 aromatic rings. The monoisotopic (exact) mass is 152 g/mol. The molecule has 0 spiro atoms. The predicted octanol–water partition coefficient (Wildman–Crippen LogP) is 1.67. The molecular weight excluding hydrogens is 140 g/mol. The fraction of sp³-hybridized carbons (Fsp3) is 0.333. The van der Waals surface area contributed by atoms with Crippen molar-refractivity contribution in [2.24, 2.45) is 0 Å². The second-order valence-corrected chi connectivity index (χ2v) is 2.18. The third kappa shape index (κ3) is 3.50. The van der Waals surface area contributed by atoms with Gasteiger partial charge in [-0.2, -0.15) is 0 Å². The summed E-state index contributed by atoms with van der Waals surface area (Å²) in [6.45, 7) is 3.59. The van der Waals surface area contributed by atoms with Crippen LogP contribution in [-0.4, -0.2) is 12.6 Å². The molecule has 11 heavy (non-hydrogen) atoms. The first-order chi connectivity index (χ1) is 5.26. The number of aldehydes is 2. The number of hydrogen-bond acceptors (Lipinski definition) is 2. The minimum atomic E-state index is 0.460. The Kier molecular flexibility index (Phi) is 4.99. The molecule has 0 aliphatic carbocycles. The Morgan fingerprint density at radius 3 is 2.27 bits per heavy atom. The molecule has 0 aliphatic heterocycles. The van der Waals surface area contributed by atoms with Gasteiger partial charge in [0.1, 0.15) is 12.6 Å². The Labute approximate surface area is 66.6 Å². The Bertz CT molecular complexity index is 200. The fourth-order valence-electron chi connectivity index (χ4n) is 0.577. The highest BCUT2D eigenvalue weighted by molar-refractivity contribution is 5.88. The SMILES string of the molecule is CC/C=C\C(C=O)=C(/C)C=O. The van der Waals surface area contributed by atoms with Crippen molar-refractivity contribution in [2.75, 3.05) is 0 Å². The van der Waals surface area contributed by atoms with E-state index in [0.717, 1.165) is 6.42 Å². The third-order valence-corrected chi connectivity index (χ3v) is 1.29. The van der Waals surface area contributed by atoms with Crippen LogP contribution in [-0.2, 0) is 9.59 Å². The maximum Gasteiger partial charge on any atom is 0.150 e. The van der Waals surface area contributed by atoms with E-state index in [1.54, 1.807) is 13.0 Å². The summed E-state index contributed by atoms with van der Waals surface area (Å²) in [5, 5.41) is 0. The molecule has 0 amide bonds. The van der Waals surface area contributed by atoms with Gasteiger partial charge in [-0.3, -0.25) is 9.59 Å². The van der Waals surface area contributed by atoms with Crippen LogP contribution in [0.1, 0.15) is 20.3 Å². The van der Waals surface area contributed by atoms with Crippen molar-refractivity contribution in [3.05, 3.63) is 23.3 Å². The molecule has 0 unspecified atom stereocenters. The summed E-state index contributed by atoms with van der Waals surface area (Å²) in [5.74, 6) is 0. The van der Waals surface area contributed by atoms with Crippen molar-refractivity contribution >= 4 is 12.6 Å². The molecule has 0 rings (SSSR count). The van der Waals surface area contributed by atoms with Gasteiger partial charge in [-0.25, -0.2) is 0 Å². The van der Waals surface area contributed by atoms with E-state index in [1.807, 2.05) is 13.0 Å². The van der Waals surface area contributed by atoms with Crippen molar-refractivity contribution in [1.29, 1.82) is 0 Å². The second-order valence-electron chi connectivity index (χ2n) is 2.18. The minimum Gasteiger partial charge on any atom is -0.298 e. The molecule has 0 bridgehead atoms.